The number of hydrogen-bond donors (Lipinski definition) is 1. The highest BCUT2D eigenvalue weighted by Gasteiger charge is 2.45. The van der Waals surface area contributed by atoms with Crippen LogP contribution in [0.4, 0.5) is 18.3 Å². The highest BCUT2D eigenvalue weighted by molar-refractivity contribution is 7.09. The largest absolute Gasteiger partial charge is 0.481 e. The molecule has 1 aliphatic heterocycles. The number of carboxylic acids is 1. The van der Waals surface area contributed by atoms with E-state index in [0.717, 1.165) is 0 Å². The van der Waals surface area contributed by atoms with Gasteiger partial charge in [-0.1, -0.05) is 13.3 Å². The second kappa shape index (κ2) is 5.19. The van der Waals surface area contributed by atoms with Crippen LogP contribution in [0.25, 0.3) is 0 Å². The number of carboxylic acid groups (broad SMARTS) is 1. The number of rotatable bonds is 4. The first-order valence-corrected chi connectivity index (χ1v) is 6.95. The summed E-state index contributed by atoms with van der Waals surface area (Å²) in [4.78, 5) is 16.5. The lowest BCUT2D eigenvalue weighted by Gasteiger charge is -2.23. The van der Waals surface area contributed by atoms with Crippen molar-refractivity contribution in [2.24, 2.45) is 5.41 Å². The van der Waals surface area contributed by atoms with Crippen molar-refractivity contribution in [3.63, 3.8) is 0 Å². The van der Waals surface area contributed by atoms with Crippen molar-refractivity contribution in [2.45, 2.75) is 32.4 Å². The third kappa shape index (κ3) is 2.72. The maximum absolute atomic E-state index is 12.5. The number of aromatic nitrogens is 2. The summed E-state index contributed by atoms with van der Waals surface area (Å²) in [6, 6.07) is 0. The number of anilines is 1. The number of halogens is 3. The van der Waals surface area contributed by atoms with Crippen molar-refractivity contribution < 1.29 is 23.1 Å². The highest BCUT2D eigenvalue weighted by Crippen LogP contribution is 2.39. The van der Waals surface area contributed by atoms with Gasteiger partial charge in [0.05, 0.1) is 5.41 Å². The van der Waals surface area contributed by atoms with Gasteiger partial charge in [-0.25, -0.2) is 0 Å². The topological polar surface area (TPSA) is 66.3 Å². The van der Waals surface area contributed by atoms with Crippen molar-refractivity contribution in [1.82, 2.24) is 9.36 Å². The van der Waals surface area contributed by atoms with Gasteiger partial charge in [-0.2, -0.15) is 22.5 Å². The zero-order valence-corrected chi connectivity index (χ0v) is 11.6. The first-order chi connectivity index (χ1) is 9.28. The molecule has 1 atom stereocenters. The summed E-state index contributed by atoms with van der Waals surface area (Å²) in [5.74, 6) is -2.07. The van der Waals surface area contributed by atoms with E-state index in [2.05, 4.69) is 9.36 Å². The van der Waals surface area contributed by atoms with E-state index in [-0.39, 0.29) is 11.7 Å². The molecule has 0 aliphatic carbocycles. The van der Waals surface area contributed by atoms with E-state index in [1.165, 1.54) is 0 Å². The predicted molar refractivity (Wildman–Crippen MR) is 66.7 cm³/mol. The standard InChI is InChI=1S/C11H14F3N3O2S/c1-2-3-10(8(18)19)4-5-17(6-10)9-15-7(16-20-9)11(12,13)14/h2-6H2,1H3,(H,18,19). The van der Waals surface area contributed by atoms with E-state index in [9.17, 15) is 23.1 Å². The molecule has 20 heavy (non-hydrogen) atoms. The fraction of sp³-hybridized carbons (Fsp3) is 0.727. The van der Waals surface area contributed by atoms with Gasteiger partial charge < -0.3 is 10.0 Å². The molecule has 1 N–H and O–H groups in total. The molecule has 1 aromatic rings. The average Bonchev–Trinajstić information content (AvgIpc) is 2.94. The Morgan fingerprint density at radius 2 is 2.25 bits per heavy atom. The molecule has 0 bridgehead atoms. The quantitative estimate of drug-likeness (QED) is 0.926. The van der Waals surface area contributed by atoms with Gasteiger partial charge in [-0.05, 0) is 12.8 Å². The lowest BCUT2D eigenvalue weighted by Crippen LogP contribution is -2.34. The summed E-state index contributed by atoms with van der Waals surface area (Å²) in [6.45, 7) is 2.46. The lowest BCUT2D eigenvalue weighted by atomic mass is 9.83. The van der Waals surface area contributed by atoms with Gasteiger partial charge in [0.25, 0.3) is 0 Å². The molecule has 5 nitrogen and oxygen atoms in total. The van der Waals surface area contributed by atoms with Crippen molar-refractivity contribution in [3.8, 4) is 0 Å². The first kappa shape index (κ1) is 15.0. The summed E-state index contributed by atoms with van der Waals surface area (Å²) in [6.07, 6.45) is -2.94. The third-order valence-electron chi connectivity index (χ3n) is 3.48. The Morgan fingerprint density at radius 1 is 1.55 bits per heavy atom. The minimum absolute atomic E-state index is 0.136. The second-order valence-corrected chi connectivity index (χ2v) is 5.64. The van der Waals surface area contributed by atoms with Crippen molar-refractivity contribution in [3.05, 3.63) is 5.82 Å². The van der Waals surface area contributed by atoms with Gasteiger partial charge in [0, 0.05) is 24.6 Å². The Labute approximate surface area is 117 Å². The Kier molecular flexibility index (Phi) is 3.90. The molecule has 0 aromatic carbocycles. The van der Waals surface area contributed by atoms with Crippen LogP contribution in [0.15, 0.2) is 0 Å². The third-order valence-corrected chi connectivity index (χ3v) is 4.25. The zero-order chi connectivity index (χ0) is 15.0. The van der Waals surface area contributed by atoms with Crippen molar-refractivity contribution in [1.29, 1.82) is 0 Å². The first-order valence-electron chi connectivity index (χ1n) is 6.18. The summed E-state index contributed by atoms with van der Waals surface area (Å²) in [7, 11) is 0. The molecular weight excluding hydrogens is 295 g/mol. The van der Waals surface area contributed by atoms with E-state index in [1.54, 1.807) is 4.90 Å². The van der Waals surface area contributed by atoms with Crippen molar-refractivity contribution in [2.75, 3.05) is 18.0 Å². The Hall–Kier alpha value is -1.38. The SMILES string of the molecule is CCCC1(C(=O)O)CCN(c2nc(C(F)(F)F)ns2)C1. The van der Waals surface area contributed by atoms with Crippen LogP contribution in [-0.2, 0) is 11.0 Å². The van der Waals surface area contributed by atoms with Crippen LogP contribution in [-0.4, -0.2) is 33.5 Å². The summed E-state index contributed by atoms with van der Waals surface area (Å²) in [5, 5.41) is 9.49. The normalized spacial score (nSPS) is 23.3. The smallest absolute Gasteiger partial charge is 0.452 e. The van der Waals surface area contributed by atoms with Crippen LogP contribution in [0.2, 0.25) is 0 Å². The maximum atomic E-state index is 12.5. The number of alkyl halides is 3. The minimum Gasteiger partial charge on any atom is -0.481 e. The van der Waals surface area contributed by atoms with Gasteiger partial charge in [-0.15, -0.1) is 0 Å². The van der Waals surface area contributed by atoms with E-state index in [0.29, 0.717) is 37.3 Å². The minimum atomic E-state index is -4.57. The van der Waals surface area contributed by atoms with Gasteiger partial charge in [0.15, 0.2) is 0 Å². The average molecular weight is 309 g/mol. The van der Waals surface area contributed by atoms with Gasteiger partial charge in [0.2, 0.25) is 11.0 Å². The molecule has 0 spiro atoms. The predicted octanol–water partition coefficient (Wildman–Crippen LogP) is 2.64. The Morgan fingerprint density at radius 3 is 2.75 bits per heavy atom. The monoisotopic (exact) mass is 309 g/mol. The molecule has 2 rings (SSSR count). The highest BCUT2D eigenvalue weighted by atomic mass is 32.1. The van der Waals surface area contributed by atoms with E-state index < -0.39 is 23.4 Å². The molecule has 9 heteroatoms. The van der Waals surface area contributed by atoms with Crippen LogP contribution in [0.3, 0.4) is 0 Å². The zero-order valence-electron chi connectivity index (χ0n) is 10.8. The van der Waals surface area contributed by atoms with Crippen LogP contribution >= 0.6 is 11.5 Å². The molecular formula is C11H14F3N3O2S. The molecule has 2 heterocycles. The van der Waals surface area contributed by atoms with Crippen LogP contribution in [0.5, 0.6) is 0 Å². The molecule has 1 fully saturated rings. The molecule has 1 aliphatic rings. The molecule has 0 saturated carbocycles. The molecule has 0 radical (unpaired) electrons. The Bertz CT molecular complexity index is 505. The van der Waals surface area contributed by atoms with E-state index >= 15 is 0 Å². The van der Waals surface area contributed by atoms with Crippen LogP contribution in [0, 0.1) is 5.41 Å². The molecule has 1 aromatic heterocycles. The van der Waals surface area contributed by atoms with Gasteiger partial charge in [-0.3, -0.25) is 4.79 Å². The lowest BCUT2D eigenvalue weighted by molar-refractivity contribution is -0.148. The molecule has 1 unspecified atom stereocenters. The fourth-order valence-corrected chi connectivity index (χ4v) is 3.17. The van der Waals surface area contributed by atoms with Crippen LogP contribution in [0.1, 0.15) is 32.0 Å². The number of nitrogens with zero attached hydrogens (tertiary/aromatic N) is 3. The summed E-state index contributed by atoms with van der Waals surface area (Å²) in [5.41, 5.74) is -0.890. The molecule has 1 saturated heterocycles. The number of carbonyl (C=O) groups is 1. The second-order valence-electron chi connectivity index (χ2n) is 4.91. The van der Waals surface area contributed by atoms with Gasteiger partial charge >= 0.3 is 12.1 Å². The van der Waals surface area contributed by atoms with Crippen molar-refractivity contribution >= 4 is 22.6 Å². The fourth-order valence-electron chi connectivity index (χ4n) is 2.46. The Balaban J connectivity index is 2.16. The number of aliphatic carboxylic acids is 1. The number of hydrogen-bond acceptors (Lipinski definition) is 5. The van der Waals surface area contributed by atoms with E-state index in [4.69, 9.17) is 0 Å². The van der Waals surface area contributed by atoms with E-state index in [1.807, 2.05) is 6.92 Å². The molecule has 0 amide bonds. The summed E-state index contributed by atoms with van der Waals surface area (Å²) >= 11 is 0.656. The molecule has 112 valence electrons. The maximum Gasteiger partial charge on any atom is 0.452 e. The van der Waals surface area contributed by atoms with Crippen LogP contribution < -0.4 is 4.90 Å². The van der Waals surface area contributed by atoms with Gasteiger partial charge in [0.1, 0.15) is 0 Å². The summed E-state index contributed by atoms with van der Waals surface area (Å²) < 4.78 is 40.7.